The van der Waals surface area contributed by atoms with Gasteiger partial charge in [-0.1, -0.05) is 36.4 Å². The third-order valence-corrected chi connectivity index (χ3v) is 8.16. The van der Waals surface area contributed by atoms with Crippen LogP contribution in [0.3, 0.4) is 0 Å². The molecule has 0 spiro atoms. The molecule has 4 rings (SSSR count). The van der Waals surface area contributed by atoms with Gasteiger partial charge in [0.25, 0.3) is 11.8 Å². The zero-order valence-electron chi connectivity index (χ0n) is 18.6. The number of benzene rings is 2. The minimum absolute atomic E-state index is 0.0760. The second-order valence-corrected chi connectivity index (χ2v) is 11.3. The topological polar surface area (TPSA) is 83.5 Å². The number of likely N-dealkylation sites (tertiary alicyclic amines) is 1. The molecule has 1 aliphatic heterocycles. The van der Waals surface area contributed by atoms with Gasteiger partial charge in [0.2, 0.25) is 0 Å². The Hall–Kier alpha value is -2.97. The summed E-state index contributed by atoms with van der Waals surface area (Å²) in [6, 6.07) is 15.7. The van der Waals surface area contributed by atoms with Gasteiger partial charge >= 0.3 is 0 Å². The van der Waals surface area contributed by atoms with Gasteiger partial charge in [-0.15, -0.1) is 11.3 Å². The van der Waals surface area contributed by atoms with Crippen LogP contribution in [0.2, 0.25) is 0 Å². The number of hydrogen-bond acceptors (Lipinski definition) is 5. The average molecular weight is 483 g/mol. The zero-order chi connectivity index (χ0) is 23.6. The first-order valence-electron chi connectivity index (χ1n) is 10.9. The lowest BCUT2D eigenvalue weighted by Gasteiger charge is -2.27. The number of amides is 2. The molecule has 1 aliphatic rings. The van der Waals surface area contributed by atoms with Crippen molar-refractivity contribution in [2.24, 2.45) is 0 Å². The Morgan fingerprint density at radius 1 is 0.970 bits per heavy atom. The summed E-state index contributed by atoms with van der Waals surface area (Å²) >= 11 is 1.37. The van der Waals surface area contributed by atoms with Crippen molar-refractivity contribution in [2.45, 2.75) is 31.1 Å². The quantitative estimate of drug-likeness (QED) is 0.554. The van der Waals surface area contributed by atoms with E-state index in [1.807, 2.05) is 42.2 Å². The fourth-order valence-corrected chi connectivity index (χ4v) is 5.89. The van der Waals surface area contributed by atoms with Crippen LogP contribution in [0.5, 0.6) is 0 Å². The summed E-state index contributed by atoms with van der Waals surface area (Å²) in [5, 5.41) is 3.38. The predicted molar refractivity (Wildman–Crippen MR) is 132 cm³/mol. The Balaban J connectivity index is 1.73. The Labute approximate surface area is 198 Å². The summed E-state index contributed by atoms with van der Waals surface area (Å²) < 4.78 is 23.8. The van der Waals surface area contributed by atoms with Gasteiger partial charge in [0.15, 0.2) is 9.84 Å². The highest BCUT2D eigenvalue weighted by molar-refractivity contribution is 7.90. The number of thiophene rings is 1. The Morgan fingerprint density at radius 3 is 2.33 bits per heavy atom. The molecule has 1 aromatic heterocycles. The molecule has 33 heavy (non-hydrogen) atoms. The van der Waals surface area contributed by atoms with E-state index in [1.54, 1.807) is 12.1 Å². The van der Waals surface area contributed by atoms with Crippen molar-refractivity contribution in [3.8, 4) is 10.4 Å². The summed E-state index contributed by atoms with van der Waals surface area (Å²) in [4.78, 5) is 29.4. The summed E-state index contributed by atoms with van der Waals surface area (Å²) in [7, 11) is -3.44. The molecule has 0 unspecified atom stereocenters. The molecule has 2 aromatic carbocycles. The van der Waals surface area contributed by atoms with Crippen molar-refractivity contribution < 1.29 is 18.0 Å². The minimum atomic E-state index is -3.44. The van der Waals surface area contributed by atoms with Gasteiger partial charge in [-0.05, 0) is 55.5 Å². The van der Waals surface area contributed by atoms with E-state index >= 15 is 0 Å². The fourth-order valence-electron chi connectivity index (χ4n) is 4.02. The van der Waals surface area contributed by atoms with Crippen LogP contribution in [-0.2, 0) is 9.84 Å². The molecule has 0 aliphatic carbocycles. The van der Waals surface area contributed by atoms with Crippen molar-refractivity contribution >= 4 is 38.0 Å². The molecular formula is C25H26N2O4S2. The van der Waals surface area contributed by atoms with E-state index in [2.05, 4.69) is 5.32 Å². The predicted octanol–water partition coefficient (Wildman–Crippen LogP) is 5.01. The smallest absolute Gasteiger partial charge is 0.257 e. The van der Waals surface area contributed by atoms with Crippen LogP contribution in [0.25, 0.3) is 10.4 Å². The Kier molecular flexibility index (Phi) is 6.67. The Morgan fingerprint density at radius 2 is 1.67 bits per heavy atom. The van der Waals surface area contributed by atoms with Gasteiger partial charge in [0.05, 0.1) is 10.5 Å². The summed E-state index contributed by atoms with van der Waals surface area (Å²) in [6.07, 6.45) is 4.16. The van der Waals surface area contributed by atoms with Crippen molar-refractivity contribution in [2.75, 3.05) is 24.7 Å². The minimum Gasteiger partial charge on any atom is -0.339 e. The van der Waals surface area contributed by atoms with Crippen molar-refractivity contribution in [3.63, 3.8) is 0 Å². The second kappa shape index (κ2) is 9.49. The van der Waals surface area contributed by atoms with Crippen LogP contribution in [-0.4, -0.2) is 44.5 Å². The van der Waals surface area contributed by atoms with E-state index in [0.29, 0.717) is 23.7 Å². The molecule has 172 valence electrons. The van der Waals surface area contributed by atoms with Crippen LogP contribution >= 0.6 is 11.3 Å². The first-order chi connectivity index (χ1) is 15.8. The molecule has 0 atom stereocenters. The van der Waals surface area contributed by atoms with Gasteiger partial charge in [0, 0.05) is 29.8 Å². The molecule has 1 fully saturated rings. The van der Waals surface area contributed by atoms with Crippen LogP contribution < -0.4 is 5.32 Å². The number of hydrogen-bond donors (Lipinski definition) is 1. The second-order valence-electron chi connectivity index (χ2n) is 8.23. The largest absolute Gasteiger partial charge is 0.339 e. The maximum absolute atomic E-state index is 13.5. The van der Waals surface area contributed by atoms with Crippen molar-refractivity contribution in [1.82, 2.24) is 4.90 Å². The van der Waals surface area contributed by atoms with Gasteiger partial charge in [-0.25, -0.2) is 8.42 Å². The SMILES string of the molecule is Cc1c(-c2ccccc2)sc(NC(=O)c2cccc(S(C)(=O)=O)c2)c1C(=O)N1CCCCC1. The molecular weight excluding hydrogens is 456 g/mol. The van der Waals surface area contributed by atoms with Gasteiger partial charge < -0.3 is 10.2 Å². The molecule has 8 heteroatoms. The van der Waals surface area contributed by atoms with Gasteiger partial charge in [-0.3, -0.25) is 9.59 Å². The molecule has 3 aromatic rings. The highest BCUT2D eigenvalue weighted by atomic mass is 32.2. The summed E-state index contributed by atoms with van der Waals surface area (Å²) in [5.74, 6) is -0.528. The number of piperidine rings is 1. The van der Waals surface area contributed by atoms with Gasteiger partial charge in [-0.2, -0.15) is 0 Å². The van der Waals surface area contributed by atoms with Crippen LogP contribution in [0.1, 0.15) is 45.5 Å². The lowest BCUT2D eigenvalue weighted by molar-refractivity contribution is 0.0725. The van der Waals surface area contributed by atoms with E-state index in [1.165, 1.54) is 23.5 Å². The molecule has 2 heterocycles. The number of anilines is 1. The number of sulfone groups is 1. The third kappa shape index (κ3) is 5.02. The highest BCUT2D eigenvalue weighted by Crippen LogP contribution is 2.41. The maximum Gasteiger partial charge on any atom is 0.257 e. The van der Waals surface area contributed by atoms with Gasteiger partial charge in [0.1, 0.15) is 5.00 Å². The van der Waals surface area contributed by atoms with Crippen molar-refractivity contribution in [3.05, 3.63) is 71.3 Å². The first kappa shape index (κ1) is 23.2. The fraction of sp³-hybridized carbons (Fsp3) is 0.280. The molecule has 1 saturated heterocycles. The summed E-state index contributed by atoms with van der Waals surface area (Å²) in [5.41, 5.74) is 2.55. The standard InChI is InChI=1S/C25H26N2O4S2/c1-17-21(25(29)27-14-7-4-8-15-27)24(32-22(17)18-10-5-3-6-11-18)26-23(28)19-12-9-13-20(16-19)33(2,30)31/h3,5-6,9-13,16H,4,7-8,14-15H2,1-2H3,(H,26,28). The molecule has 0 radical (unpaired) electrons. The zero-order valence-corrected chi connectivity index (χ0v) is 20.3. The third-order valence-electron chi connectivity index (χ3n) is 5.79. The number of carbonyl (C=O) groups is 2. The number of nitrogens with one attached hydrogen (secondary N) is 1. The Bertz CT molecular complexity index is 1290. The van der Waals surface area contributed by atoms with E-state index < -0.39 is 15.7 Å². The molecule has 2 amide bonds. The normalized spacial score (nSPS) is 14.2. The van der Waals surface area contributed by atoms with E-state index in [9.17, 15) is 18.0 Å². The molecule has 1 N–H and O–H groups in total. The van der Waals surface area contributed by atoms with E-state index in [-0.39, 0.29) is 16.4 Å². The molecule has 0 bridgehead atoms. The van der Waals surface area contributed by atoms with E-state index in [4.69, 9.17) is 0 Å². The van der Waals surface area contributed by atoms with Crippen LogP contribution in [0.15, 0.2) is 59.5 Å². The summed E-state index contributed by atoms with van der Waals surface area (Å²) in [6.45, 7) is 3.33. The number of rotatable bonds is 5. The molecule has 0 saturated carbocycles. The number of nitrogens with zero attached hydrogens (tertiary/aromatic N) is 1. The lowest BCUT2D eigenvalue weighted by atomic mass is 10.0. The van der Waals surface area contributed by atoms with Crippen LogP contribution in [0.4, 0.5) is 5.00 Å². The highest BCUT2D eigenvalue weighted by Gasteiger charge is 2.28. The monoisotopic (exact) mass is 482 g/mol. The lowest BCUT2D eigenvalue weighted by Crippen LogP contribution is -2.36. The first-order valence-corrected chi connectivity index (χ1v) is 13.6. The van der Waals surface area contributed by atoms with E-state index in [0.717, 1.165) is 41.5 Å². The number of carbonyl (C=O) groups excluding carboxylic acids is 2. The average Bonchev–Trinajstić information content (AvgIpc) is 3.14. The van der Waals surface area contributed by atoms with Crippen molar-refractivity contribution in [1.29, 1.82) is 0 Å². The van der Waals surface area contributed by atoms with Crippen LogP contribution in [0, 0.1) is 6.92 Å². The molecule has 6 nitrogen and oxygen atoms in total. The maximum atomic E-state index is 13.5.